The van der Waals surface area contributed by atoms with E-state index in [4.69, 9.17) is 0 Å². The standard InChI is InChI=1S/C7H10F6/c1-5(2,3)4(6(8,9)10)7(11,12)13/h4H,1-3H3. The van der Waals surface area contributed by atoms with Crippen LogP contribution in [0.15, 0.2) is 0 Å². The normalized spacial score (nSPS) is 15.2. The Balaban J connectivity index is 5.02. The van der Waals surface area contributed by atoms with Gasteiger partial charge in [-0.25, -0.2) is 0 Å². The molecule has 0 aromatic rings. The quantitative estimate of drug-likeness (QED) is 0.531. The van der Waals surface area contributed by atoms with Gasteiger partial charge in [0.25, 0.3) is 0 Å². The molecule has 0 nitrogen and oxygen atoms in total. The van der Waals surface area contributed by atoms with Crippen LogP contribution in [0.1, 0.15) is 20.8 Å². The molecule has 0 unspecified atom stereocenters. The van der Waals surface area contributed by atoms with Crippen molar-refractivity contribution in [3.8, 4) is 0 Å². The molecule has 80 valence electrons. The summed E-state index contributed by atoms with van der Waals surface area (Å²) in [4.78, 5) is 0. The molecule has 0 spiro atoms. The lowest BCUT2D eigenvalue weighted by atomic mass is 9.80. The minimum Gasteiger partial charge on any atom is -0.170 e. The Labute approximate surface area is 71.9 Å². The second kappa shape index (κ2) is 3.06. The van der Waals surface area contributed by atoms with Crippen LogP contribution < -0.4 is 0 Å². The molecule has 0 aromatic carbocycles. The van der Waals surface area contributed by atoms with Gasteiger partial charge in [-0.15, -0.1) is 0 Å². The third kappa shape index (κ3) is 3.44. The van der Waals surface area contributed by atoms with Crippen LogP contribution in [0.25, 0.3) is 0 Å². The van der Waals surface area contributed by atoms with Gasteiger partial charge in [0.1, 0.15) is 0 Å². The Morgan fingerprint density at radius 1 is 0.692 bits per heavy atom. The molecule has 6 heteroatoms. The fourth-order valence-corrected chi connectivity index (χ4v) is 1.17. The van der Waals surface area contributed by atoms with Crippen molar-refractivity contribution in [1.82, 2.24) is 0 Å². The molecule has 0 saturated carbocycles. The minimum absolute atomic E-state index is 0.915. The van der Waals surface area contributed by atoms with Crippen molar-refractivity contribution in [2.24, 2.45) is 11.3 Å². The van der Waals surface area contributed by atoms with E-state index < -0.39 is 23.7 Å². The molecule has 0 heterocycles. The van der Waals surface area contributed by atoms with Crippen LogP contribution in [0.5, 0.6) is 0 Å². The van der Waals surface area contributed by atoms with Crippen LogP contribution in [0, 0.1) is 11.3 Å². The fourth-order valence-electron chi connectivity index (χ4n) is 1.17. The largest absolute Gasteiger partial charge is 0.400 e. The Bertz CT molecular complexity index is 136. The lowest BCUT2D eigenvalue weighted by Gasteiger charge is -2.33. The molecular weight excluding hydrogens is 198 g/mol. The number of rotatable bonds is 0. The Morgan fingerprint density at radius 2 is 0.923 bits per heavy atom. The molecule has 0 radical (unpaired) electrons. The van der Waals surface area contributed by atoms with E-state index in [0.29, 0.717) is 0 Å². The second-order valence-corrected chi connectivity index (χ2v) is 3.88. The predicted molar refractivity (Wildman–Crippen MR) is 35.1 cm³/mol. The molecule has 0 fully saturated rings. The highest BCUT2D eigenvalue weighted by Crippen LogP contribution is 2.48. The SMILES string of the molecule is CC(C)(C)C(C(F)(F)F)C(F)(F)F. The van der Waals surface area contributed by atoms with E-state index in [2.05, 4.69) is 0 Å². The van der Waals surface area contributed by atoms with Crippen molar-refractivity contribution in [3.63, 3.8) is 0 Å². The van der Waals surface area contributed by atoms with Crippen molar-refractivity contribution >= 4 is 0 Å². The average molecular weight is 208 g/mol. The minimum atomic E-state index is -5.24. The van der Waals surface area contributed by atoms with Crippen LogP contribution in [0.3, 0.4) is 0 Å². The van der Waals surface area contributed by atoms with Crippen molar-refractivity contribution in [1.29, 1.82) is 0 Å². The zero-order valence-electron chi connectivity index (χ0n) is 7.35. The Hall–Kier alpha value is -0.420. The van der Waals surface area contributed by atoms with Crippen molar-refractivity contribution in [2.45, 2.75) is 33.1 Å². The summed E-state index contributed by atoms with van der Waals surface area (Å²) in [6.07, 6.45) is -10.5. The average Bonchev–Trinajstić information content (AvgIpc) is 1.44. The summed E-state index contributed by atoms with van der Waals surface area (Å²) in [5.74, 6) is -3.27. The summed E-state index contributed by atoms with van der Waals surface area (Å²) in [7, 11) is 0. The molecule has 0 aliphatic carbocycles. The number of hydrogen-bond acceptors (Lipinski definition) is 0. The Morgan fingerprint density at radius 3 is 0.923 bits per heavy atom. The van der Waals surface area contributed by atoms with Crippen LogP contribution in [-0.4, -0.2) is 12.4 Å². The first-order chi connectivity index (χ1) is 5.37. The van der Waals surface area contributed by atoms with E-state index in [-0.39, 0.29) is 0 Å². The first-order valence-corrected chi connectivity index (χ1v) is 3.50. The van der Waals surface area contributed by atoms with Gasteiger partial charge in [0, 0.05) is 0 Å². The van der Waals surface area contributed by atoms with E-state index >= 15 is 0 Å². The summed E-state index contributed by atoms with van der Waals surface area (Å²) in [6, 6.07) is 0. The monoisotopic (exact) mass is 208 g/mol. The molecule has 0 aromatic heterocycles. The predicted octanol–water partition coefficient (Wildman–Crippen LogP) is 3.77. The summed E-state index contributed by atoms with van der Waals surface area (Å²) >= 11 is 0. The summed E-state index contributed by atoms with van der Waals surface area (Å²) in [5, 5.41) is 0. The van der Waals surface area contributed by atoms with Gasteiger partial charge in [0.2, 0.25) is 0 Å². The third-order valence-corrected chi connectivity index (χ3v) is 1.52. The van der Waals surface area contributed by atoms with E-state index in [1.807, 2.05) is 0 Å². The summed E-state index contributed by atoms with van der Waals surface area (Å²) in [5.41, 5.74) is -1.86. The van der Waals surface area contributed by atoms with Gasteiger partial charge in [-0.3, -0.25) is 0 Å². The zero-order chi connectivity index (χ0) is 11.1. The van der Waals surface area contributed by atoms with Crippen LogP contribution in [0.4, 0.5) is 26.3 Å². The van der Waals surface area contributed by atoms with Gasteiger partial charge in [-0.2, -0.15) is 26.3 Å². The highest BCUT2D eigenvalue weighted by molar-refractivity contribution is 4.85. The van der Waals surface area contributed by atoms with Gasteiger partial charge >= 0.3 is 12.4 Å². The molecule has 0 aliphatic rings. The van der Waals surface area contributed by atoms with Crippen molar-refractivity contribution < 1.29 is 26.3 Å². The summed E-state index contributed by atoms with van der Waals surface area (Å²) < 4.78 is 72.0. The van der Waals surface area contributed by atoms with Crippen molar-refractivity contribution in [2.75, 3.05) is 0 Å². The highest BCUT2D eigenvalue weighted by atomic mass is 19.4. The smallest absolute Gasteiger partial charge is 0.170 e. The topological polar surface area (TPSA) is 0 Å². The maximum Gasteiger partial charge on any atom is 0.400 e. The van der Waals surface area contributed by atoms with E-state index in [1.165, 1.54) is 0 Å². The zero-order valence-corrected chi connectivity index (χ0v) is 7.35. The van der Waals surface area contributed by atoms with Crippen molar-refractivity contribution in [3.05, 3.63) is 0 Å². The lowest BCUT2D eigenvalue weighted by Crippen LogP contribution is -2.45. The van der Waals surface area contributed by atoms with Gasteiger partial charge in [-0.1, -0.05) is 20.8 Å². The second-order valence-electron chi connectivity index (χ2n) is 3.88. The van der Waals surface area contributed by atoms with E-state index in [9.17, 15) is 26.3 Å². The molecule has 0 aliphatic heterocycles. The lowest BCUT2D eigenvalue weighted by molar-refractivity contribution is -0.309. The molecule has 0 N–H and O–H groups in total. The maximum absolute atomic E-state index is 12.0. The van der Waals surface area contributed by atoms with Crippen LogP contribution in [0.2, 0.25) is 0 Å². The number of halogens is 6. The molecular formula is C7H10F6. The molecule has 0 rings (SSSR count). The highest BCUT2D eigenvalue weighted by Gasteiger charge is 2.61. The van der Waals surface area contributed by atoms with Gasteiger partial charge in [0.05, 0.1) is 0 Å². The number of hydrogen-bond donors (Lipinski definition) is 0. The van der Waals surface area contributed by atoms with E-state index in [1.54, 1.807) is 0 Å². The molecule has 0 atom stereocenters. The van der Waals surface area contributed by atoms with Gasteiger partial charge in [0.15, 0.2) is 5.92 Å². The first-order valence-electron chi connectivity index (χ1n) is 3.50. The van der Waals surface area contributed by atoms with Crippen LogP contribution >= 0.6 is 0 Å². The summed E-state index contributed by atoms with van der Waals surface area (Å²) in [6.45, 7) is 2.75. The van der Waals surface area contributed by atoms with E-state index in [0.717, 1.165) is 20.8 Å². The molecule has 0 saturated heterocycles. The van der Waals surface area contributed by atoms with Gasteiger partial charge < -0.3 is 0 Å². The van der Waals surface area contributed by atoms with Gasteiger partial charge in [-0.05, 0) is 5.41 Å². The first kappa shape index (κ1) is 12.6. The molecule has 13 heavy (non-hydrogen) atoms. The Kier molecular flexibility index (Phi) is 2.96. The molecule has 0 bridgehead atoms. The maximum atomic E-state index is 12.0. The molecule has 0 amide bonds. The number of alkyl halides is 6. The fraction of sp³-hybridized carbons (Fsp3) is 1.00. The van der Waals surface area contributed by atoms with Crippen LogP contribution in [-0.2, 0) is 0 Å². The third-order valence-electron chi connectivity index (χ3n) is 1.52.